The summed E-state index contributed by atoms with van der Waals surface area (Å²) in [5.41, 5.74) is 7.80. The predicted octanol–water partition coefficient (Wildman–Crippen LogP) is 12.4. The van der Waals surface area contributed by atoms with Crippen molar-refractivity contribution in [3.63, 3.8) is 0 Å². The van der Waals surface area contributed by atoms with Gasteiger partial charge >= 0.3 is 17.9 Å². The van der Waals surface area contributed by atoms with Gasteiger partial charge in [-0.05, 0) is 197 Å². The maximum absolute atomic E-state index is 14.1. The lowest BCUT2D eigenvalue weighted by atomic mass is 9.88. The monoisotopic (exact) mass is 1510 g/mol. The third-order valence-corrected chi connectivity index (χ3v) is 19.6. The van der Waals surface area contributed by atoms with Gasteiger partial charge in [-0.15, -0.1) is 0 Å². The molecule has 3 atom stereocenters. The van der Waals surface area contributed by atoms with Crippen LogP contribution in [-0.4, -0.2) is 86.3 Å². The molecule has 0 N–H and O–H groups in total. The van der Waals surface area contributed by atoms with Crippen LogP contribution in [0, 0.1) is 46.3 Å². The van der Waals surface area contributed by atoms with Crippen LogP contribution in [0.3, 0.4) is 0 Å². The van der Waals surface area contributed by atoms with E-state index in [0.717, 1.165) is 83.0 Å². The molecule has 3 aromatic heterocycles. The van der Waals surface area contributed by atoms with Crippen LogP contribution in [0.25, 0.3) is 0 Å². The van der Waals surface area contributed by atoms with Crippen molar-refractivity contribution in [2.24, 2.45) is 17.8 Å². The number of nitrogens with zero attached hydrogens (tertiary/aromatic N) is 6. The third-order valence-electron chi connectivity index (χ3n) is 15.9. The molecule has 15 nitrogen and oxygen atoms in total. The topological polar surface area (TPSA) is 184 Å². The summed E-state index contributed by atoms with van der Waals surface area (Å²) in [5.74, 6) is -4.29. The smallest absolute Gasteiger partial charge is 0.309 e. The van der Waals surface area contributed by atoms with E-state index in [9.17, 15) is 41.9 Å². The fraction of sp³-hybridized carbons (Fsp3) is 0.421. The predicted molar refractivity (Wildman–Crippen MR) is 317 cm³/mol. The molecule has 24 heteroatoms. The largest absolute Gasteiger partial charge is 0.469 e. The number of benzene rings is 3. The lowest BCUT2D eigenvalue weighted by molar-refractivity contribution is -0.146. The number of carbonyl (C=O) groups is 6. The van der Waals surface area contributed by atoms with Gasteiger partial charge in [-0.3, -0.25) is 28.8 Å². The van der Waals surface area contributed by atoms with Gasteiger partial charge in [0.2, 0.25) is 0 Å². The van der Waals surface area contributed by atoms with Gasteiger partial charge in [0, 0.05) is 36.0 Å². The Morgan fingerprint density at radius 2 is 0.691 bits per heavy atom. The Morgan fingerprint density at radius 3 is 0.914 bits per heavy atom. The fourth-order valence-corrected chi connectivity index (χ4v) is 14.3. The Labute approximate surface area is 519 Å². The molecule has 0 spiro atoms. The highest BCUT2D eigenvalue weighted by Gasteiger charge is 2.40. The van der Waals surface area contributed by atoms with Gasteiger partial charge in [-0.25, -0.2) is 13.2 Å². The number of halogens is 9. The van der Waals surface area contributed by atoms with Crippen LogP contribution >= 0.6 is 103 Å². The Hall–Kier alpha value is -4.44. The Bertz CT molecular complexity index is 3230. The molecule has 0 bridgehead atoms. The van der Waals surface area contributed by atoms with E-state index in [4.69, 9.17) is 49.0 Å². The van der Waals surface area contributed by atoms with Gasteiger partial charge in [-0.2, -0.15) is 29.3 Å². The molecule has 426 valence electrons. The van der Waals surface area contributed by atoms with Gasteiger partial charge < -0.3 is 14.2 Å². The van der Waals surface area contributed by atoms with E-state index in [-0.39, 0.29) is 85.2 Å². The highest BCUT2D eigenvalue weighted by Crippen LogP contribution is 2.47. The van der Waals surface area contributed by atoms with Crippen molar-refractivity contribution in [1.29, 1.82) is 0 Å². The minimum Gasteiger partial charge on any atom is -0.469 e. The fourth-order valence-electron chi connectivity index (χ4n) is 11.2. The van der Waals surface area contributed by atoms with Gasteiger partial charge in [0.1, 0.15) is 28.6 Å². The normalized spacial score (nSPS) is 18.9. The molecule has 6 aliphatic rings. The number of hydrogen-bond donors (Lipinski definition) is 0. The number of methoxy groups -OCH3 is 3. The first-order chi connectivity index (χ1) is 38.8. The standard InChI is InChI=1S/3C19H17ClFIN2O3/c3*1-27-19(26)10-4-5-12-14(8-10)24(23-17(12)22)18(25)15-11(9-2-3-9)6-7-13(21)16(15)20/h3*6-7,9-10H,2-5,8H2,1H3/t2*10-;/m10./s1. The third kappa shape index (κ3) is 12.0. The first kappa shape index (κ1) is 59.7. The summed E-state index contributed by atoms with van der Waals surface area (Å²) >= 11 is 24.9. The van der Waals surface area contributed by atoms with Crippen molar-refractivity contribution in [1.82, 2.24) is 29.3 Å². The molecule has 0 radical (unpaired) electrons. The molecule has 0 aliphatic heterocycles. The van der Waals surface area contributed by atoms with Crippen LogP contribution in [0.4, 0.5) is 13.2 Å². The molecule has 3 aromatic carbocycles. The van der Waals surface area contributed by atoms with Crippen LogP contribution in [0.15, 0.2) is 36.4 Å². The van der Waals surface area contributed by atoms with E-state index in [0.29, 0.717) is 74.9 Å². The van der Waals surface area contributed by atoms with Crippen LogP contribution < -0.4 is 0 Å². The first-order valence-corrected chi connectivity index (χ1v) is 30.7. The average molecular weight is 1510 g/mol. The van der Waals surface area contributed by atoms with E-state index in [1.54, 1.807) is 18.2 Å². The molecule has 6 aliphatic carbocycles. The van der Waals surface area contributed by atoms with Crippen LogP contribution in [0.5, 0.6) is 0 Å². The molecule has 0 amide bonds. The number of aromatic nitrogens is 6. The van der Waals surface area contributed by atoms with E-state index in [1.807, 2.05) is 0 Å². The second kappa shape index (κ2) is 24.6. The molecule has 81 heavy (non-hydrogen) atoms. The Morgan fingerprint density at radius 1 is 0.444 bits per heavy atom. The van der Waals surface area contributed by atoms with Crippen LogP contribution in [0.1, 0.15) is 157 Å². The number of rotatable bonds is 9. The summed E-state index contributed by atoms with van der Waals surface area (Å²) in [4.78, 5) is 75.9. The Balaban J connectivity index is 0.000000136. The van der Waals surface area contributed by atoms with Crippen molar-refractivity contribution in [2.75, 3.05) is 21.3 Å². The molecule has 6 aromatic rings. The van der Waals surface area contributed by atoms with E-state index >= 15 is 0 Å². The molecular weight excluding hydrogens is 1460 g/mol. The number of hydrogen-bond acceptors (Lipinski definition) is 12. The zero-order valence-corrected chi connectivity index (χ0v) is 52.5. The lowest BCUT2D eigenvalue weighted by Gasteiger charge is -2.21. The van der Waals surface area contributed by atoms with Crippen LogP contribution in [0.2, 0.25) is 15.1 Å². The minimum atomic E-state index is -0.618. The van der Waals surface area contributed by atoms with Gasteiger partial charge in [-0.1, -0.05) is 53.0 Å². The second-order valence-corrected chi connectivity index (χ2v) is 25.2. The summed E-state index contributed by atoms with van der Waals surface area (Å²) in [6, 6.07) is 8.85. The van der Waals surface area contributed by atoms with Crippen molar-refractivity contribution >= 4 is 138 Å². The second-order valence-electron chi connectivity index (χ2n) is 21.0. The quantitative estimate of drug-likeness (QED) is 0.0759. The molecule has 1 unspecified atom stereocenters. The lowest BCUT2D eigenvalue weighted by Crippen LogP contribution is -2.27. The number of carbonyl (C=O) groups excluding carboxylic acids is 6. The van der Waals surface area contributed by atoms with Crippen molar-refractivity contribution in [3.05, 3.63) is 147 Å². The number of esters is 3. The van der Waals surface area contributed by atoms with Crippen molar-refractivity contribution in [3.8, 4) is 0 Å². The number of ether oxygens (including phenoxy) is 3. The zero-order chi connectivity index (χ0) is 57.9. The van der Waals surface area contributed by atoms with E-state index < -0.39 is 35.2 Å². The van der Waals surface area contributed by atoms with Gasteiger partial charge in [0.05, 0.1) is 87.9 Å². The molecule has 12 rings (SSSR count). The molecular formula is C57H51Cl3F3I3N6O9. The highest BCUT2D eigenvalue weighted by atomic mass is 127. The van der Waals surface area contributed by atoms with Crippen molar-refractivity contribution in [2.45, 2.75) is 114 Å². The minimum absolute atomic E-state index is 0.163. The summed E-state index contributed by atoms with van der Waals surface area (Å²) in [6.07, 6.45) is 10.8. The molecule has 3 saturated carbocycles. The van der Waals surface area contributed by atoms with Crippen LogP contribution in [-0.2, 0) is 67.1 Å². The van der Waals surface area contributed by atoms with E-state index in [2.05, 4.69) is 83.1 Å². The molecule has 3 fully saturated rings. The van der Waals surface area contributed by atoms with E-state index in [1.165, 1.54) is 53.6 Å². The zero-order valence-electron chi connectivity index (χ0n) is 43.8. The van der Waals surface area contributed by atoms with Gasteiger partial charge in [0.25, 0.3) is 17.7 Å². The SMILES string of the molecule is COC(=O)C1CCc2c(I)nn(C(=O)c3c(C4CC4)ccc(F)c3Cl)c2C1.COC(=O)[C@@H]1CCc2c(I)nn(C(=O)c3c(C4CC4)ccc(F)c3Cl)c2C1.COC(=O)[C@H]1CCc2c(I)nn(C(=O)c3c(C4CC4)ccc(F)c3Cl)c2C1. The van der Waals surface area contributed by atoms with Crippen molar-refractivity contribution < 1.29 is 56.1 Å². The maximum atomic E-state index is 14.1. The summed E-state index contributed by atoms with van der Waals surface area (Å²) in [5, 5.41) is 12.7. The first-order valence-electron chi connectivity index (χ1n) is 26.4. The molecule has 3 heterocycles. The average Bonchev–Trinajstić information content (AvgIpc) is 4.58. The van der Waals surface area contributed by atoms with Gasteiger partial charge in [0.15, 0.2) is 0 Å². The highest BCUT2D eigenvalue weighted by molar-refractivity contribution is 14.1. The molecule has 0 saturated heterocycles. The Kier molecular flexibility index (Phi) is 18.2. The summed E-state index contributed by atoms with van der Waals surface area (Å²) < 4.78 is 63.0. The summed E-state index contributed by atoms with van der Waals surface area (Å²) in [6.45, 7) is 0. The number of fused-ring (bicyclic) bond motifs is 3. The maximum Gasteiger partial charge on any atom is 0.309 e. The summed E-state index contributed by atoms with van der Waals surface area (Å²) in [7, 11) is 4.08.